The number of aliphatic imine (C=N–C) groups is 1. The summed E-state index contributed by atoms with van der Waals surface area (Å²) < 4.78 is 5.17. The molecule has 1 aromatic rings. The molecular formula is C16H16N2O3S. The lowest BCUT2D eigenvalue weighted by atomic mass is 9.92. The fourth-order valence-corrected chi connectivity index (χ4v) is 3.73. The molecule has 0 aliphatic carbocycles. The van der Waals surface area contributed by atoms with Crippen LogP contribution in [0.5, 0.6) is 5.75 Å². The van der Waals surface area contributed by atoms with E-state index in [0.717, 1.165) is 11.3 Å². The van der Waals surface area contributed by atoms with Crippen molar-refractivity contribution in [2.75, 3.05) is 12.9 Å². The van der Waals surface area contributed by atoms with Crippen molar-refractivity contribution >= 4 is 28.6 Å². The molecule has 0 radical (unpaired) electrons. The fraction of sp³-hybridized carbons (Fsp3) is 0.312. The number of nitrogens with zero attached hydrogens (tertiary/aromatic N) is 2. The van der Waals surface area contributed by atoms with Crippen molar-refractivity contribution < 1.29 is 14.3 Å². The molecular weight excluding hydrogens is 300 g/mol. The molecule has 1 amide bonds. The lowest BCUT2D eigenvalue weighted by molar-refractivity contribution is -0.125. The summed E-state index contributed by atoms with van der Waals surface area (Å²) in [5.41, 5.74) is 2.14. The van der Waals surface area contributed by atoms with Gasteiger partial charge in [-0.05, 0) is 31.5 Å². The Morgan fingerprint density at radius 1 is 1.36 bits per heavy atom. The normalized spacial score (nSPS) is 20.9. The molecule has 5 nitrogen and oxygen atoms in total. The number of benzene rings is 1. The van der Waals surface area contributed by atoms with Gasteiger partial charge >= 0.3 is 0 Å². The number of allylic oxidation sites excluding steroid dienone is 1. The van der Waals surface area contributed by atoms with Crippen molar-refractivity contribution in [1.29, 1.82) is 0 Å². The number of hydrogen-bond acceptors (Lipinski definition) is 5. The predicted molar refractivity (Wildman–Crippen MR) is 85.9 cm³/mol. The van der Waals surface area contributed by atoms with E-state index in [9.17, 15) is 9.59 Å². The second-order valence-corrected chi connectivity index (χ2v) is 6.12. The number of amidine groups is 1. The van der Waals surface area contributed by atoms with Crippen LogP contribution in [-0.2, 0) is 9.59 Å². The molecule has 0 unspecified atom stereocenters. The molecule has 2 aliphatic rings. The highest BCUT2D eigenvalue weighted by molar-refractivity contribution is 8.15. The zero-order valence-corrected chi connectivity index (χ0v) is 13.4. The van der Waals surface area contributed by atoms with Crippen LogP contribution in [0.4, 0.5) is 0 Å². The minimum Gasteiger partial charge on any atom is -0.497 e. The van der Waals surface area contributed by atoms with E-state index in [4.69, 9.17) is 4.74 Å². The third kappa shape index (κ3) is 2.33. The van der Waals surface area contributed by atoms with Crippen molar-refractivity contribution in [2.24, 2.45) is 4.99 Å². The van der Waals surface area contributed by atoms with Gasteiger partial charge in [-0.15, -0.1) is 0 Å². The van der Waals surface area contributed by atoms with Gasteiger partial charge in [-0.3, -0.25) is 14.5 Å². The largest absolute Gasteiger partial charge is 0.497 e. The number of methoxy groups -OCH3 is 1. The van der Waals surface area contributed by atoms with Crippen LogP contribution in [0, 0.1) is 0 Å². The summed E-state index contributed by atoms with van der Waals surface area (Å²) in [6, 6.07) is 7.04. The van der Waals surface area contributed by atoms with Crippen LogP contribution in [0.2, 0.25) is 0 Å². The van der Waals surface area contributed by atoms with Crippen LogP contribution in [0.3, 0.4) is 0 Å². The molecule has 6 heteroatoms. The van der Waals surface area contributed by atoms with E-state index in [1.165, 1.54) is 18.7 Å². The van der Waals surface area contributed by atoms with Crippen LogP contribution >= 0.6 is 11.8 Å². The SMILES string of the molecule is COc1ccc([C@@H]2C(C(C)=O)=C(C)N=C3SCC(=O)N32)cc1. The van der Waals surface area contributed by atoms with Gasteiger partial charge in [0, 0.05) is 11.3 Å². The summed E-state index contributed by atoms with van der Waals surface area (Å²) in [4.78, 5) is 30.4. The van der Waals surface area contributed by atoms with Gasteiger partial charge < -0.3 is 4.74 Å². The molecule has 2 aliphatic heterocycles. The predicted octanol–water partition coefficient (Wildman–Crippen LogP) is 2.54. The molecule has 0 bridgehead atoms. The first-order valence-electron chi connectivity index (χ1n) is 6.92. The van der Waals surface area contributed by atoms with Crippen LogP contribution in [0.25, 0.3) is 0 Å². The molecule has 2 heterocycles. The van der Waals surface area contributed by atoms with Crippen molar-refractivity contribution in [3.05, 3.63) is 41.1 Å². The standard InChI is InChI=1S/C16H16N2O3S/c1-9-14(10(2)19)15(11-4-6-12(21-3)7-5-11)18-13(20)8-22-16(18)17-9/h4-7,15H,8H2,1-3H3/t15-/m1/s1. The third-order valence-corrected chi connectivity index (χ3v) is 4.73. The number of fused-ring (bicyclic) bond motifs is 1. The molecule has 0 spiro atoms. The van der Waals surface area contributed by atoms with E-state index in [2.05, 4.69) is 4.99 Å². The summed E-state index contributed by atoms with van der Waals surface area (Å²) in [5, 5.41) is 0.674. The van der Waals surface area contributed by atoms with E-state index in [-0.39, 0.29) is 11.7 Å². The molecule has 3 rings (SSSR count). The minimum absolute atomic E-state index is 0.0178. The van der Waals surface area contributed by atoms with Gasteiger partial charge in [0.15, 0.2) is 11.0 Å². The third-order valence-electron chi connectivity index (χ3n) is 3.80. The lowest BCUT2D eigenvalue weighted by Crippen LogP contribution is -2.38. The summed E-state index contributed by atoms with van der Waals surface area (Å²) in [5.74, 6) is 1.02. The smallest absolute Gasteiger partial charge is 0.239 e. The van der Waals surface area contributed by atoms with E-state index >= 15 is 0 Å². The molecule has 114 valence electrons. The van der Waals surface area contributed by atoms with Gasteiger partial charge in [-0.25, -0.2) is 4.99 Å². The van der Waals surface area contributed by atoms with Gasteiger partial charge in [-0.1, -0.05) is 23.9 Å². The van der Waals surface area contributed by atoms with Gasteiger partial charge in [-0.2, -0.15) is 0 Å². The van der Waals surface area contributed by atoms with Crippen molar-refractivity contribution in [2.45, 2.75) is 19.9 Å². The van der Waals surface area contributed by atoms with Crippen molar-refractivity contribution in [3.8, 4) is 5.75 Å². The Kier molecular flexibility index (Phi) is 3.78. The molecule has 1 saturated heterocycles. The monoisotopic (exact) mass is 316 g/mol. The quantitative estimate of drug-likeness (QED) is 0.860. The number of Topliss-reactive ketones (excluding diaryl/α,β-unsaturated/α-hetero) is 1. The average Bonchev–Trinajstić information content (AvgIpc) is 2.86. The molecule has 1 atom stereocenters. The topological polar surface area (TPSA) is 59.0 Å². The Morgan fingerprint density at radius 3 is 2.64 bits per heavy atom. The first kappa shape index (κ1) is 14.8. The van der Waals surface area contributed by atoms with Gasteiger partial charge in [0.25, 0.3) is 0 Å². The van der Waals surface area contributed by atoms with Gasteiger partial charge in [0.1, 0.15) is 5.75 Å². The highest BCUT2D eigenvalue weighted by Gasteiger charge is 2.41. The molecule has 0 aromatic heterocycles. The zero-order chi connectivity index (χ0) is 15.9. The highest BCUT2D eigenvalue weighted by atomic mass is 32.2. The Labute approximate surface area is 133 Å². The number of ether oxygens (including phenoxy) is 1. The fourth-order valence-electron chi connectivity index (χ4n) is 2.79. The molecule has 1 aromatic carbocycles. The summed E-state index contributed by atoms with van der Waals surface area (Å²) >= 11 is 1.41. The maximum atomic E-state index is 12.3. The Hall–Kier alpha value is -2.08. The molecule has 0 saturated carbocycles. The Balaban J connectivity index is 2.13. The number of ketones is 1. The van der Waals surface area contributed by atoms with Crippen LogP contribution < -0.4 is 4.74 Å². The second-order valence-electron chi connectivity index (χ2n) is 5.18. The number of amides is 1. The number of rotatable bonds is 3. The van der Waals surface area contributed by atoms with Crippen LogP contribution in [0.1, 0.15) is 25.5 Å². The van der Waals surface area contributed by atoms with E-state index in [1.807, 2.05) is 31.2 Å². The van der Waals surface area contributed by atoms with Crippen LogP contribution in [-0.4, -0.2) is 34.6 Å². The molecule has 1 fully saturated rings. The maximum Gasteiger partial charge on any atom is 0.239 e. The number of hydrogen-bond donors (Lipinski definition) is 0. The Bertz CT molecular complexity index is 707. The minimum atomic E-state index is -0.404. The maximum absolute atomic E-state index is 12.3. The first-order valence-corrected chi connectivity index (χ1v) is 7.90. The lowest BCUT2D eigenvalue weighted by Gasteiger charge is -2.33. The van der Waals surface area contributed by atoms with E-state index < -0.39 is 6.04 Å². The summed E-state index contributed by atoms with van der Waals surface area (Å²) in [6.45, 7) is 3.34. The van der Waals surface area contributed by atoms with E-state index in [1.54, 1.807) is 12.0 Å². The van der Waals surface area contributed by atoms with Crippen molar-refractivity contribution in [1.82, 2.24) is 4.90 Å². The van der Waals surface area contributed by atoms with E-state index in [0.29, 0.717) is 22.2 Å². The van der Waals surface area contributed by atoms with Crippen molar-refractivity contribution in [3.63, 3.8) is 0 Å². The highest BCUT2D eigenvalue weighted by Crippen LogP contribution is 2.41. The number of carbonyl (C=O) groups is 2. The summed E-state index contributed by atoms with van der Waals surface area (Å²) in [7, 11) is 1.60. The van der Waals surface area contributed by atoms with Gasteiger partial charge in [0.2, 0.25) is 5.91 Å². The summed E-state index contributed by atoms with van der Waals surface area (Å²) in [6.07, 6.45) is 0. The zero-order valence-electron chi connectivity index (χ0n) is 12.6. The number of carbonyl (C=O) groups excluding carboxylic acids is 2. The number of thioether (sulfide) groups is 1. The average molecular weight is 316 g/mol. The van der Waals surface area contributed by atoms with Gasteiger partial charge in [0.05, 0.1) is 18.9 Å². The molecule has 0 N–H and O–H groups in total. The van der Waals surface area contributed by atoms with Crippen LogP contribution in [0.15, 0.2) is 40.5 Å². The molecule has 22 heavy (non-hydrogen) atoms. The first-order chi connectivity index (χ1) is 10.5. The second kappa shape index (κ2) is 5.61. The Morgan fingerprint density at radius 2 is 2.05 bits per heavy atom.